The highest BCUT2D eigenvalue weighted by Gasteiger charge is 2.14. The van der Waals surface area contributed by atoms with Crippen molar-refractivity contribution in [2.24, 2.45) is 0 Å². The molecule has 0 bridgehead atoms. The molecule has 0 atom stereocenters. The fourth-order valence-corrected chi connectivity index (χ4v) is 3.58. The number of ether oxygens (including phenoxy) is 2. The smallest absolute Gasteiger partial charge is 0.291 e. The SMILES string of the molecule is O=C(Nc1cccc(CN2CCOCC2)c1)c1ccc(COc2ccc(I)cc2)o1. The minimum absolute atomic E-state index is 0.259. The molecule has 1 aliphatic rings. The quantitative estimate of drug-likeness (QED) is 0.466. The van der Waals surface area contributed by atoms with Gasteiger partial charge in [0.05, 0.1) is 13.2 Å². The molecule has 7 heteroatoms. The molecule has 1 fully saturated rings. The molecule has 1 saturated heterocycles. The van der Waals surface area contributed by atoms with Crippen molar-refractivity contribution in [3.05, 3.63) is 81.3 Å². The van der Waals surface area contributed by atoms with Crippen LogP contribution >= 0.6 is 22.6 Å². The van der Waals surface area contributed by atoms with E-state index in [1.807, 2.05) is 42.5 Å². The summed E-state index contributed by atoms with van der Waals surface area (Å²) < 4.78 is 17.9. The average Bonchev–Trinajstić information content (AvgIpc) is 3.24. The minimum Gasteiger partial charge on any atom is -0.486 e. The van der Waals surface area contributed by atoms with Gasteiger partial charge in [-0.05, 0) is 76.7 Å². The summed E-state index contributed by atoms with van der Waals surface area (Å²) in [5, 5.41) is 2.91. The molecule has 156 valence electrons. The number of hydrogen-bond donors (Lipinski definition) is 1. The zero-order chi connectivity index (χ0) is 20.8. The number of carbonyl (C=O) groups is 1. The van der Waals surface area contributed by atoms with Crippen molar-refractivity contribution in [1.82, 2.24) is 4.90 Å². The van der Waals surface area contributed by atoms with Crippen LogP contribution in [0.5, 0.6) is 5.75 Å². The van der Waals surface area contributed by atoms with E-state index in [-0.39, 0.29) is 18.3 Å². The maximum Gasteiger partial charge on any atom is 0.291 e. The molecule has 6 nitrogen and oxygen atoms in total. The van der Waals surface area contributed by atoms with E-state index in [0.717, 1.165) is 53.4 Å². The van der Waals surface area contributed by atoms with Crippen molar-refractivity contribution in [2.45, 2.75) is 13.2 Å². The first kappa shape index (κ1) is 20.9. The first-order valence-electron chi connectivity index (χ1n) is 9.83. The van der Waals surface area contributed by atoms with Gasteiger partial charge in [-0.2, -0.15) is 0 Å². The normalized spacial score (nSPS) is 14.4. The first-order valence-corrected chi connectivity index (χ1v) is 10.9. The van der Waals surface area contributed by atoms with Crippen LogP contribution in [0.4, 0.5) is 5.69 Å². The molecule has 1 aliphatic heterocycles. The topological polar surface area (TPSA) is 63.9 Å². The molecular formula is C23H23IN2O4. The van der Waals surface area contributed by atoms with Crippen LogP contribution in [0.3, 0.4) is 0 Å². The van der Waals surface area contributed by atoms with Gasteiger partial charge >= 0.3 is 0 Å². The second-order valence-electron chi connectivity index (χ2n) is 7.05. The monoisotopic (exact) mass is 518 g/mol. The third-order valence-corrected chi connectivity index (χ3v) is 5.49. The summed E-state index contributed by atoms with van der Waals surface area (Å²) >= 11 is 2.25. The van der Waals surface area contributed by atoms with E-state index in [2.05, 4.69) is 38.9 Å². The Morgan fingerprint density at radius 1 is 1.07 bits per heavy atom. The summed E-state index contributed by atoms with van der Waals surface area (Å²) in [5.41, 5.74) is 1.90. The Morgan fingerprint density at radius 3 is 2.67 bits per heavy atom. The molecule has 1 amide bonds. The summed E-state index contributed by atoms with van der Waals surface area (Å²) in [4.78, 5) is 14.9. The molecule has 0 unspecified atom stereocenters. The Morgan fingerprint density at radius 2 is 1.87 bits per heavy atom. The van der Waals surface area contributed by atoms with Crippen LogP contribution < -0.4 is 10.1 Å². The van der Waals surface area contributed by atoms with E-state index in [0.29, 0.717) is 5.76 Å². The van der Waals surface area contributed by atoms with Crippen LogP contribution in [-0.4, -0.2) is 37.1 Å². The molecule has 2 aromatic carbocycles. The van der Waals surface area contributed by atoms with Gasteiger partial charge in [-0.15, -0.1) is 0 Å². The van der Waals surface area contributed by atoms with Crippen molar-refractivity contribution in [3.8, 4) is 5.75 Å². The lowest BCUT2D eigenvalue weighted by atomic mass is 10.2. The number of amides is 1. The fraction of sp³-hybridized carbons (Fsp3) is 0.261. The van der Waals surface area contributed by atoms with Gasteiger partial charge in [0.2, 0.25) is 0 Å². The second kappa shape index (κ2) is 10.1. The number of halogens is 1. The van der Waals surface area contributed by atoms with E-state index in [1.165, 1.54) is 0 Å². The Bertz CT molecular complexity index is 981. The third kappa shape index (κ3) is 5.84. The van der Waals surface area contributed by atoms with Gasteiger partial charge in [0, 0.05) is 28.9 Å². The van der Waals surface area contributed by atoms with Crippen LogP contribution in [0.25, 0.3) is 0 Å². The van der Waals surface area contributed by atoms with Gasteiger partial charge in [-0.25, -0.2) is 0 Å². The summed E-state index contributed by atoms with van der Waals surface area (Å²) in [6, 6.07) is 19.1. The number of hydrogen-bond acceptors (Lipinski definition) is 5. The van der Waals surface area contributed by atoms with Crippen molar-refractivity contribution < 1.29 is 18.7 Å². The summed E-state index contributed by atoms with van der Waals surface area (Å²) in [7, 11) is 0. The predicted octanol–water partition coefficient (Wildman–Crippen LogP) is 4.55. The molecule has 0 radical (unpaired) electrons. The highest BCUT2D eigenvalue weighted by molar-refractivity contribution is 14.1. The number of benzene rings is 2. The lowest BCUT2D eigenvalue weighted by Gasteiger charge is -2.26. The average molecular weight is 518 g/mol. The van der Waals surface area contributed by atoms with E-state index >= 15 is 0 Å². The number of nitrogens with one attached hydrogen (secondary N) is 1. The fourth-order valence-electron chi connectivity index (χ4n) is 3.22. The van der Waals surface area contributed by atoms with Crippen molar-refractivity contribution in [1.29, 1.82) is 0 Å². The highest BCUT2D eigenvalue weighted by atomic mass is 127. The van der Waals surface area contributed by atoms with Gasteiger partial charge in [0.15, 0.2) is 5.76 Å². The largest absolute Gasteiger partial charge is 0.486 e. The molecule has 0 aliphatic carbocycles. The van der Waals surface area contributed by atoms with Gasteiger partial charge in [0.1, 0.15) is 18.1 Å². The molecule has 0 saturated carbocycles. The van der Waals surface area contributed by atoms with Crippen molar-refractivity contribution in [3.63, 3.8) is 0 Å². The molecule has 1 N–H and O–H groups in total. The van der Waals surface area contributed by atoms with Gasteiger partial charge < -0.3 is 19.2 Å². The maximum atomic E-state index is 12.6. The van der Waals surface area contributed by atoms with E-state index in [4.69, 9.17) is 13.9 Å². The summed E-state index contributed by atoms with van der Waals surface area (Å²) in [6.45, 7) is 4.50. The highest BCUT2D eigenvalue weighted by Crippen LogP contribution is 2.18. The second-order valence-corrected chi connectivity index (χ2v) is 8.30. The number of carbonyl (C=O) groups excluding carboxylic acids is 1. The Balaban J connectivity index is 1.32. The lowest BCUT2D eigenvalue weighted by Crippen LogP contribution is -2.35. The number of anilines is 1. The predicted molar refractivity (Wildman–Crippen MR) is 123 cm³/mol. The van der Waals surface area contributed by atoms with Gasteiger partial charge in [0.25, 0.3) is 5.91 Å². The van der Waals surface area contributed by atoms with Gasteiger partial charge in [-0.3, -0.25) is 9.69 Å². The molecule has 30 heavy (non-hydrogen) atoms. The van der Waals surface area contributed by atoms with E-state index in [1.54, 1.807) is 12.1 Å². The zero-order valence-electron chi connectivity index (χ0n) is 16.5. The molecular weight excluding hydrogens is 495 g/mol. The van der Waals surface area contributed by atoms with Crippen molar-refractivity contribution in [2.75, 3.05) is 31.6 Å². The van der Waals surface area contributed by atoms with Crippen LogP contribution in [-0.2, 0) is 17.9 Å². The van der Waals surface area contributed by atoms with Crippen LogP contribution in [0.2, 0.25) is 0 Å². The molecule has 1 aromatic heterocycles. The number of rotatable bonds is 7. The first-order chi connectivity index (χ1) is 14.7. The minimum atomic E-state index is -0.279. The number of furan rings is 1. The van der Waals surface area contributed by atoms with Crippen LogP contribution in [0, 0.1) is 3.57 Å². The molecule has 3 aromatic rings. The maximum absolute atomic E-state index is 12.6. The van der Waals surface area contributed by atoms with E-state index < -0.39 is 0 Å². The zero-order valence-corrected chi connectivity index (χ0v) is 18.6. The van der Waals surface area contributed by atoms with Crippen LogP contribution in [0.1, 0.15) is 21.9 Å². The molecule has 0 spiro atoms. The molecule has 2 heterocycles. The van der Waals surface area contributed by atoms with Crippen LogP contribution in [0.15, 0.2) is 65.1 Å². The third-order valence-electron chi connectivity index (χ3n) is 4.77. The van der Waals surface area contributed by atoms with Gasteiger partial charge in [-0.1, -0.05) is 12.1 Å². The number of morpholine rings is 1. The van der Waals surface area contributed by atoms with E-state index in [9.17, 15) is 4.79 Å². The molecule has 4 rings (SSSR count). The number of nitrogens with zero attached hydrogens (tertiary/aromatic N) is 1. The Kier molecular flexibility index (Phi) is 7.03. The standard InChI is InChI=1S/C23H23IN2O4/c24-18-4-6-20(7-5-18)29-16-21-8-9-22(30-21)23(27)25-19-3-1-2-17(14-19)15-26-10-12-28-13-11-26/h1-9,14H,10-13,15-16H2,(H,25,27). The Labute approximate surface area is 189 Å². The summed E-state index contributed by atoms with van der Waals surface area (Å²) in [5.74, 6) is 1.34. The summed E-state index contributed by atoms with van der Waals surface area (Å²) in [6.07, 6.45) is 0. The van der Waals surface area contributed by atoms with Crippen molar-refractivity contribution >= 4 is 34.2 Å². The Hall–Kier alpha value is -2.36. The lowest BCUT2D eigenvalue weighted by molar-refractivity contribution is 0.0342.